The van der Waals surface area contributed by atoms with E-state index in [2.05, 4.69) is 0 Å². The second-order valence-electron chi connectivity index (χ2n) is 7.99. The van der Waals surface area contributed by atoms with Crippen LogP contribution in [-0.4, -0.2) is 40.8 Å². The highest BCUT2D eigenvalue weighted by molar-refractivity contribution is 5.79. The van der Waals surface area contributed by atoms with Crippen LogP contribution >= 0.6 is 0 Å². The maximum Gasteiger partial charge on any atom is 0.410 e. The summed E-state index contributed by atoms with van der Waals surface area (Å²) in [4.78, 5) is 25.5. The normalized spacial score (nSPS) is 17.3. The second-order valence-corrected chi connectivity index (χ2v) is 7.99. The first-order valence-corrected chi connectivity index (χ1v) is 8.86. The lowest BCUT2D eigenvalue weighted by molar-refractivity contribution is -0.139. The highest BCUT2D eigenvalue weighted by Gasteiger charge is 2.40. The first kappa shape index (κ1) is 18.3. The molecule has 0 aliphatic carbocycles. The summed E-state index contributed by atoms with van der Waals surface area (Å²) in [6.07, 6.45) is 2.50. The van der Waals surface area contributed by atoms with Crippen LogP contribution in [0.2, 0.25) is 0 Å². The number of fused-ring (bicyclic) bond motifs is 1. The first-order valence-electron chi connectivity index (χ1n) is 8.86. The molecule has 1 aliphatic rings. The van der Waals surface area contributed by atoms with Crippen LogP contribution in [0.25, 0.3) is 11.0 Å². The van der Waals surface area contributed by atoms with E-state index in [0.717, 1.165) is 16.5 Å². The molecule has 1 N–H and O–H groups in total. The van der Waals surface area contributed by atoms with Crippen LogP contribution in [0.15, 0.2) is 34.9 Å². The summed E-state index contributed by atoms with van der Waals surface area (Å²) in [5.74, 6) is -0.831. The van der Waals surface area contributed by atoms with Gasteiger partial charge in [0.05, 0.1) is 12.7 Å². The van der Waals surface area contributed by atoms with E-state index in [1.54, 1.807) is 11.2 Å². The van der Waals surface area contributed by atoms with Gasteiger partial charge in [-0.15, -0.1) is 0 Å². The van der Waals surface area contributed by atoms with Crippen LogP contribution in [0, 0.1) is 0 Å². The standard InChI is InChI=1S/C20H25NO5/c1-19(2,3)26-18(24)21-9-7-20(8-10-21,13-17(22)23)15-4-5-16-14(12-15)6-11-25-16/h4-6,11-12H,7-10,13H2,1-3H3,(H,22,23). The summed E-state index contributed by atoms with van der Waals surface area (Å²) >= 11 is 0. The smallest absolute Gasteiger partial charge is 0.410 e. The average Bonchev–Trinajstić information content (AvgIpc) is 3.00. The fourth-order valence-corrected chi connectivity index (χ4v) is 3.60. The number of carboxylic acids is 1. The monoisotopic (exact) mass is 359 g/mol. The van der Waals surface area contributed by atoms with Gasteiger partial charge in [0.25, 0.3) is 0 Å². The minimum absolute atomic E-state index is 0.0402. The molecular weight excluding hydrogens is 334 g/mol. The number of aliphatic carboxylic acids is 1. The average molecular weight is 359 g/mol. The van der Waals surface area contributed by atoms with Gasteiger partial charge in [0.1, 0.15) is 11.2 Å². The Morgan fingerprint density at radius 1 is 1.23 bits per heavy atom. The molecule has 2 aromatic rings. The Bertz CT molecular complexity index is 809. The number of nitrogens with zero attached hydrogens (tertiary/aromatic N) is 1. The van der Waals surface area contributed by atoms with Gasteiger partial charge in [-0.2, -0.15) is 0 Å². The number of ether oxygens (including phenoxy) is 1. The van der Waals surface area contributed by atoms with E-state index in [9.17, 15) is 14.7 Å². The van der Waals surface area contributed by atoms with Crippen molar-refractivity contribution in [2.24, 2.45) is 0 Å². The number of amides is 1. The number of piperidine rings is 1. The minimum Gasteiger partial charge on any atom is -0.481 e. The van der Waals surface area contributed by atoms with Gasteiger partial charge in [0.15, 0.2) is 0 Å². The summed E-state index contributed by atoms with van der Waals surface area (Å²) in [5, 5.41) is 10.4. The van der Waals surface area contributed by atoms with E-state index in [0.29, 0.717) is 25.9 Å². The van der Waals surface area contributed by atoms with Crippen LogP contribution < -0.4 is 0 Å². The zero-order chi connectivity index (χ0) is 18.9. The number of rotatable bonds is 3. The summed E-state index contributed by atoms with van der Waals surface area (Å²) < 4.78 is 10.8. The maximum absolute atomic E-state index is 12.3. The number of carbonyl (C=O) groups excluding carboxylic acids is 1. The van der Waals surface area contributed by atoms with Gasteiger partial charge in [-0.3, -0.25) is 4.79 Å². The molecule has 140 valence electrons. The van der Waals surface area contributed by atoms with Crippen molar-refractivity contribution >= 4 is 23.0 Å². The largest absolute Gasteiger partial charge is 0.481 e. The lowest BCUT2D eigenvalue weighted by atomic mass is 9.70. The molecule has 1 saturated heterocycles. The molecule has 0 radical (unpaired) electrons. The van der Waals surface area contributed by atoms with Crippen LogP contribution in [0.1, 0.15) is 45.6 Å². The number of hydrogen-bond donors (Lipinski definition) is 1. The summed E-state index contributed by atoms with van der Waals surface area (Å²) in [6, 6.07) is 7.71. The molecule has 2 heterocycles. The van der Waals surface area contributed by atoms with Gasteiger partial charge in [0.2, 0.25) is 0 Å². The van der Waals surface area contributed by atoms with E-state index in [1.807, 2.05) is 45.0 Å². The highest BCUT2D eigenvalue weighted by Crippen LogP contribution is 2.40. The lowest BCUT2D eigenvalue weighted by Gasteiger charge is -2.41. The minimum atomic E-state index is -0.831. The van der Waals surface area contributed by atoms with E-state index < -0.39 is 17.0 Å². The van der Waals surface area contributed by atoms with E-state index >= 15 is 0 Å². The van der Waals surface area contributed by atoms with Gasteiger partial charge in [-0.25, -0.2) is 4.79 Å². The Morgan fingerprint density at radius 3 is 2.54 bits per heavy atom. The van der Waals surface area contributed by atoms with Gasteiger partial charge in [-0.05, 0) is 57.4 Å². The number of likely N-dealkylation sites (tertiary alicyclic amines) is 1. The third kappa shape index (κ3) is 3.84. The van der Waals surface area contributed by atoms with Crippen LogP contribution in [-0.2, 0) is 14.9 Å². The zero-order valence-electron chi connectivity index (χ0n) is 15.4. The molecule has 0 saturated carbocycles. The SMILES string of the molecule is CC(C)(C)OC(=O)N1CCC(CC(=O)O)(c2ccc3occc3c2)CC1. The highest BCUT2D eigenvalue weighted by atomic mass is 16.6. The molecule has 1 amide bonds. The molecule has 6 nitrogen and oxygen atoms in total. The molecule has 3 rings (SSSR count). The van der Waals surface area contributed by atoms with Crippen LogP contribution in [0.5, 0.6) is 0 Å². The molecule has 26 heavy (non-hydrogen) atoms. The third-order valence-electron chi connectivity index (χ3n) is 4.93. The summed E-state index contributed by atoms with van der Waals surface area (Å²) in [5.41, 5.74) is 0.734. The second kappa shape index (κ2) is 6.67. The van der Waals surface area contributed by atoms with Crippen molar-refractivity contribution in [2.45, 2.75) is 51.0 Å². The van der Waals surface area contributed by atoms with Gasteiger partial charge in [-0.1, -0.05) is 6.07 Å². The van der Waals surface area contributed by atoms with E-state index in [1.165, 1.54) is 0 Å². The Balaban J connectivity index is 1.82. The fraction of sp³-hybridized carbons (Fsp3) is 0.500. The van der Waals surface area contributed by atoms with Gasteiger partial charge in [0, 0.05) is 23.9 Å². The number of carboxylic acid groups (broad SMARTS) is 1. The Hall–Kier alpha value is -2.50. The summed E-state index contributed by atoms with van der Waals surface area (Å²) in [7, 11) is 0. The molecule has 0 atom stereocenters. The number of hydrogen-bond acceptors (Lipinski definition) is 4. The number of benzene rings is 1. The number of carbonyl (C=O) groups is 2. The predicted octanol–water partition coefficient (Wildman–Crippen LogP) is 4.18. The van der Waals surface area contributed by atoms with Crippen LogP contribution in [0.3, 0.4) is 0 Å². The lowest BCUT2D eigenvalue weighted by Crippen LogP contribution is -2.47. The topological polar surface area (TPSA) is 80.0 Å². The molecule has 1 aromatic carbocycles. The van der Waals surface area contributed by atoms with Gasteiger partial charge < -0.3 is 19.2 Å². The van der Waals surface area contributed by atoms with Crippen molar-refractivity contribution in [3.05, 3.63) is 36.1 Å². The van der Waals surface area contributed by atoms with Crippen molar-refractivity contribution in [3.63, 3.8) is 0 Å². The maximum atomic E-state index is 12.3. The Kier molecular flexibility index (Phi) is 4.69. The third-order valence-corrected chi connectivity index (χ3v) is 4.93. The number of furan rings is 1. The van der Waals surface area contributed by atoms with Gasteiger partial charge >= 0.3 is 12.1 Å². The Labute approximate surface area is 152 Å². The predicted molar refractivity (Wildman–Crippen MR) is 97.2 cm³/mol. The molecule has 1 aromatic heterocycles. The molecule has 0 bridgehead atoms. The van der Waals surface area contributed by atoms with Crippen molar-refractivity contribution in [1.82, 2.24) is 4.90 Å². The molecule has 0 spiro atoms. The Morgan fingerprint density at radius 2 is 1.92 bits per heavy atom. The van der Waals surface area contributed by atoms with Crippen molar-refractivity contribution in [1.29, 1.82) is 0 Å². The van der Waals surface area contributed by atoms with Crippen molar-refractivity contribution in [3.8, 4) is 0 Å². The molecular formula is C20H25NO5. The van der Waals surface area contributed by atoms with E-state index in [4.69, 9.17) is 9.15 Å². The fourth-order valence-electron chi connectivity index (χ4n) is 3.60. The first-order chi connectivity index (χ1) is 12.2. The molecule has 1 aliphatic heterocycles. The van der Waals surface area contributed by atoms with Crippen molar-refractivity contribution < 1.29 is 23.8 Å². The molecule has 6 heteroatoms. The van der Waals surface area contributed by atoms with Crippen LogP contribution in [0.4, 0.5) is 4.79 Å². The quantitative estimate of drug-likeness (QED) is 0.889. The van der Waals surface area contributed by atoms with Crippen molar-refractivity contribution in [2.75, 3.05) is 13.1 Å². The zero-order valence-corrected chi connectivity index (χ0v) is 15.4. The van der Waals surface area contributed by atoms with E-state index in [-0.39, 0.29) is 12.5 Å². The summed E-state index contributed by atoms with van der Waals surface area (Å²) in [6.45, 7) is 6.47. The molecule has 0 unspecified atom stereocenters. The molecule has 1 fully saturated rings.